The van der Waals surface area contributed by atoms with Crippen LogP contribution in [0.2, 0.25) is 10.0 Å². The predicted molar refractivity (Wildman–Crippen MR) is 125 cm³/mol. The Labute approximate surface area is 189 Å². The van der Waals surface area contributed by atoms with E-state index in [0.717, 1.165) is 34.9 Å². The van der Waals surface area contributed by atoms with Gasteiger partial charge in [0.05, 0.1) is 20.3 Å². The lowest BCUT2D eigenvalue weighted by Gasteiger charge is -2.19. The van der Waals surface area contributed by atoms with E-state index in [1.807, 2.05) is 18.2 Å². The second-order valence-electron chi connectivity index (χ2n) is 7.44. The minimum atomic E-state index is -0.251. The van der Waals surface area contributed by atoms with Crippen LogP contribution in [0.1, 0.15) is 6.42 Å². The molecule has 0 bridgehead atoms. The SMILES string of the molecule is CN(C)C1CCN(c2nc3ccc(NC(=O)COc4ccc(Cl)c(Cl)c4)cc3s2)C1. The van der Waals surface area contributed by atoms with Crippen LogP contribution in [0.25, 0.3) is 10.2 Å². The van der Waals surface area contributed by atoms with Crippen LogP contribution in [-0.2, 0) is 4.79 Å². The van der Waals surface area contributed by atoms with Gasteiger partial charge in [-0.15, -0.1) is 0 Å². The molecule has 30 heavy (non-hydrogen) atoms. The third kappa shape index (κ3) is 4.81. The van der Waals surface area contributed by atoms with Crippen molar-refractivity contribution in [3.8, 4) is 5.75 Å². The molecular weight excluding hydrogens is 443 g/mol. The van der Waals surface area contributed by atoms with Gasteiger partial charge in [0.15, 0.2) is 11.7 Å². The first-order valence-corrected chi connectivity index (χ1v) is 11.2. The number of carbonyl (C=O) groups excluding carboxylic acids is 1. The number of hydrogen-bond donors (Lipinski definition) is 1. The zero-order chi connectivity index (χ0) is 21.3. The number of rotatable bonds is 6. The highest BCUT2D eigenvalue weighted by molar-refractivity contribution is 7.22. The summed E-state index contributed by atoms with van der Waals surface area (Å²) in [5.74, 6) is 0.238. The van der Waals surface area contributed by atoms with Gasteiger partial charge in [0, 0.05) is 30.9 Å². The third-order valence-corrected chi connectivity index (χ3v) is 6.90. The summed E-state index contributed by atoms with van der Waals surface area (Å²) in [4.78, 5) is 21.6. The fourth-order valence-electron chi connectivity index (χ4n) is 3.38. The summed E-state index contributed by atoms with van der Waals surface area (Å²) in [7, 11) is 4.24. The van der Waals surface area contributed by atoms with E-state index in [1.54, 1.807) is 29.5 Å². The molecule has 1 aliphatic rings. The largest absolute Gasteiger partial charge is 0.484 e. The van der Waals surface area contributed by atoms with Crippen molar-refractivity contribution >= 4 is 61.5 Å². The molecule has 1 aromatic heterocycles. The van der Waals surface area contributed by atoms with Crippen molar-refractivity contribution < 1.29 is 9.53 Å². The van der Waals surface area contributed by atoms with Gasteiger partial charge in [0.2, 0.25) is 0 Å². The number of fused-ring (bicyclic) bond motifs is 1. The Balaban J connectivity index is 1.38. The highest BCUT2D eigenvalue weighted by Crippen LogP contribution is 2.33. The number of anilines is 2. The molecule has 0 saturated carbocycles. The lowest BCUT2D eigenvalue weighted by Crippen LogP contribution is -2.31. The first kappa shape index (κ1) is 21.2. The molecule has 1 saturated heterocycles. The molecule has 6 nitrogen and oxygen atoms in total. The number of thiazole rings is 1. The van der Waals surface area contributed by atoms with Crippen molar-refractivity contribution in [1.82, 2.24) is 9.88 Å². The number of amides is 1. The fourth-order valence-corrected chi connectivity index (χ4v) is 4.70. The van der Waals surface area contributed by atoms with E-state index in [2.05, 4.69) is 29.2 Å². The maximum absolute atomic E-state index is 12.3. The van der Waals surface area contributed by atoms with Crippen LogP contribution in [0.5, 0.6) is 5.75 Å². The number of likely N-dealkylation sites (N-methyl/N-ethyl adjacent to an activating group) is 1. The molecular formula is C21H22Cl2N4O2S. The molecule has 0 spiro atoms. The number of carbonyl (C=O) groups is 1. The van der Waals surface area contributed by atoms with Crippen molar-refractivity contribution in [3.63, 3.8) is 0 Å². The molecule has 4 rings (SSSR count). The predicted octanol–water partition coefficient (Wildman–Crippen LogP) is 4.76. The Morgan fingerprint density at radius 2 is 2.10 bits per heavy atom. The number of halogens is 2. The van der Waals surface area contributed by atoms with Crippen molar-refractivity contribution in [2.75, 3.05) is 44.0 Å². The number of ether oxygens (including phenoxy) is 1. The fraction of sp³-hybridized carbons (Fsp3) is 0.333. The highest BCUT2D eigenvalue weighted by atomic mass is 35.5. The molecule has 1 fully saturated rings. The summed E-state index contributed by atoms with van der Waals surface area (Å²) < 4.78 is 6.53. The average molecular weight is 465 g/mol. The van der Waals surface area contributed by atoms with E-state index in [0.29, 0.717) is 27.5 Å². The van der Waals surface area contributed by atoms with Crippen LogP contribution in [-0.4, -0.2) is 55.6 Å². The molecule has 1 aliphatic heterocycles. The van der Waals surface area contributed by atoms with E-state index < -0.39 is 0 Å². The molecule has 158 valence electrons. The quantitative estimate of drug-likeness (QED) is 0.569. The Bertz CT molecular complexity index is 1070. The monoisotopic (exact) mass is 464 g/mol. The second kappa shape index (κ2) is 8.98. The maximum Gasteiger partial charge on any atom is 0.262 e. The van der Waals surface area contributed by atoms with E-state index in [1.165, 1.54) is 0 Å². The van der Waals surface area contributed by atoms with Gasteiger partial charge in [-0.05, 0) is 50.8 Å². The van der Waals surface area contributed by atoms with Gasteiger partial charge >= 0.3 is 0 Å². The van der Waals surface area contributed by atoms with E-state index in [4.69, 9.17) is 32.9 Å². The number of nitrogens with zero attached hydrogens (tertiary/aromatic N) is 3. The molecule has 9 heteroatoms. The zero-order valence-electron chi connectivity index (χ0n) is 16.7. The number of benzene rings is 2. The normalized spacial score (nSPS) is 16.4. The Kier molecular flexibility index (Phi) is 6.34. The molecule has 1 amide bonds. The minimum absolute atomic E-state index is 0.121. The Morgan fingerprint density at radius 3 is 2.83 bits per heavy atom. The van der Waals surface area contributed by atoms with Crippen LogP contribution >= 0.6 is 34.5 Å². The summed E-state index contributed by atoms with van der Waals surface area (Å²) in [5.41, 5.74) is 1.65. The van der Waals surface area contributed by atoms with Crippen LogP contribution in [0, 0.1) is 0 Å². The van der Waals surface area contributed by atoms with Crippen molar-refractivity contribution in [3.05, 3.63) is 46.4 Å². The zero-order valence-corrected chi connectivity index (χ0v) is 19.0. The lowest BCUT2D eigenvalue weighted by molar-refractivity contribution is -0.118. The smallest absolute Gasteiger partial charge is 0.262 e. The average Bonchev–Trinajstić information content (AvgIpc) is 3.35. The summed E-state index contributed by atoms with van der Waals surface area (Å²) in [5, 5.41) is 4.72. The molecule has 1 unspecified atom stereocenters. The van der Waals surface area contributed by atoms with Crippen molar-refractivity contribution in [2.45, 2.75) is 12.5 Å². The minimum Gasteiger partial charge on any atom is -0.484 e. The van der Waals surface area contributed by atoms with Gasteiger partial charge < -0.3 is 19.9 Å². The van der Waals surface area contributed by atoms with Crippen molar-refractivity contribution in [1.29, 1.82) is 0 Å². The molecule has 0 aliphatic carbocycles. The molecule has 1 N–H and O–H groups in total. The third-order valence-electron chi connectivity index (χ3n) is 5.09. The maximum atomic E-state index is 12.3. The van der Waals surface area contributed by atoms with Crippen LogP contribution < -0.4 is 15.0 Å². The van der Waals surface area contributed by atoms with Gasteiger partial charge in [0.1, 0.15) is 5.75 Å². The van der Waals surface area contributed by atoms with E-state index in [9.17, 15) is 4.79 Å². The Hall–Kier alpha value is -2.06. The van der Waals surface area contributed by atoms with Gasteiger partial charge in [-0.2, -0.15) is 0 Å². The summed E-state index contributed by atoms with van der Waals surface area (Å²) in [6.07, 6.45) is 1.14. The van der Waals surface area contributed by atoms with Gasteiger partial charge in [-0.3, -0.25) is 4.79 Å². The first-order valence-electron chi connectivity index (χ1n) is 9.59. The van der Waals surface area contributed by atoms with Crippen LogP contribution in [0.15, 0.2) is 36.4 Å². The second-order valence-corrected chi connectivity index (χ2v) is 9.27. The van der Waals surface area contributed by atoms with Gasteiger partial charge in [0.25, 0.3) is 5.91 Å². The molecule has 0 radical (unpaired) electrons. The first-order chi connectivity index (χ1) is 14.4. The van der Waals surface area contributed by atoms with E-state index >= 15 is 0 Å². The van der Waals surface area contributed by atoms with Crippen LogP contribution in [0.4, 0.5) is 10.8 Å². The van der Waals surface area contributed by atoms with Crippen molar-refractivity contribution in [2.24, 2.45) is 0 Å². The molecule has 2 aromatic carbocycles. The highest BCUT2D eigenvalue weighted by Gasteiger charge is 2.26. The molecule has 3 aromatic rings. The number of hydrogen-bond acceptors (Lipinski definition) is 6. The van der Waals surface area contributed by atoms with Gasteiger partial charge in [-0.1, -0.05) is 34.5 Å². The lowest BCUT2D eigenvalue weighted by atomic mass is 10.2. The molecule has 1 atom stereocenters. The summed E-state index contributed by atoms with van der Waals surface area (Å²) in [6.45, 7) is 1.88. The molecule has 2 heterocycles. The van der Waals surface area contributed by atoms with E-state index in [-0.39, 0.29) is 12.5 Å². The standard InChI is InChI=1S/C21H22Cl2N4O2S/c1-26(2)14-7-8-27(11-14)21-25-18-6-3-13(9-19(18)30-21)24-20(28)12-29-15-4-5-16(22)17(23)10-15/h3-6,9-10,14H,7-8,11-12H2,1-2H3,(H,24,28). The van der Waals surface area contributed by atoms with Gasteiger partial charge in [-0.25, -0.2) is 4.98 Å². The topological polar surface area (TPSA) is 57.7 Å². The Morgan fingerprint density at radius 1 is 1.27 bits per heavy atom. The summed E-state index contributed by atoms with van der Waals surface area (Å²) in [6, 6.07) is 11.2. The van der Waals surface area contributed by atoms with Crippen LogP contribution in [0.3, 0.4) is 0 Å². The number of nitrogens with one attached hydrogen (secondary N) is 1. The number of aromatic nitrogens is 1. The summed E-state index contributed by atoms with van der Waals surface area (Å²) >= 11 is 13.5.